The highest BCUT2D eigenvalue weighted by Crippen LogP contribution is 2.24. The van der Waals surface area contributed by atoms with Crippen LogP contribution in [0.1, 0.15) is 41.0 Å². The van der Waals surface area contributed by atoms with Crippen molar-refractivity contribution in [3.63, 3.8) is 0 Å². The Kier molecular flexibility index (Phi) is 7.76. The van der Waals surface area contributed by atoms with Gasteiger partial charge in [0.2, 0.25) is 0 Å². The van der Waals surface area contributed by atoms with Gasteiger partial charge in [-0.2, -0.15) is 0 Å². The van der Waals surface area contributed by atoms with E-state index in [1.54, 1.807) is 0 Å². The number of esters is 1. The molecule has 4 nitrogen and oxygen atoms in total. The molecule has 0 saturated heterocycles. The smallest absolute Gasteiger partial charge is 0.327 e. The van der Waals surface area contributed by atoms with E-state index in [1.165, 1.54) is 11.9 Å². The van der Waals surface area contributed by atoms with E-state index in [0.717, 1.165) is 24.5 Å². The van der Waals surface area contributed by atoms with Crippen molar-refractivity contribution in [2.45, 2.75) is 46.6 Å². The Morgan fingerprint density at radius 2 is 1.83 bits per heavy atom. The van der Waals surface area contributed by atoms with Crippen LogP contribution in [0.3, 0.4) is 0 Å². The summed E-state index contributed by atoms with van der Waals surface area (Å²) >= 11 is 1.50. The van der Waals surface area contributed by atoms with Gasteiger partial charge in [0.1, 0.15) is 17.9 Å². The number of nitrogens with zero attached hydrogens (tertiary/aromatic N) is 1. The minimum absolute atomic E-state index is 0.214. The first-order valence-corrected chi connectivity index (χ1v) is 9.16. The van der Waals surface area contributed by atoms with Crippen molar-refractivity contribution in [3.05, 3.63) is 24.3 Å². The van der Waals surface area contributed by atoms with Crippen molar-refractivity contribution < 1.29 is 14.3 Å². The van der Waals surface area contributed by atoms with E-state index in [1.807, 2.05) is 55.6 Å². The van der Waals surface area contributed by atoms with Gasteiger partial charge in [-0.1, -0.05) is 25.8 Å². The first-order valence-electron chi connectivity index (χ1n) is 7.97. The number of anilines is 1. The third-order valence-corrected chi connectivity index (χ3v) is 3.78. The highest BCUT2D eigenvalue weighted by molar-refractivity contribution is 8.00. The van der Waals surface area contributed by atoms with Crippen LogP contribution in [0, 0.1) is 5.92 Å². The molecule has 0 aromatic heterocycles. The maximum absolute atomic E-state index is 12.0. The maximum Gasteiger partial charge on any atom is 0.327 e. The summed E-state index contributed by atoms with van der Waals surface area (Å²) in [6.45, 7) is 10.9. The molecule has 1 aromatic carbocycles. The Morgan fingerprint density at radius 1 is 1.22 bits per heavy atom. The summed E-state index contributed by atoms with van der Waals surface area (Å²) in [7, 11) is 0. The molecule has 1 rings (SSSR count). The molecule has 0 amide bonds. The Bertz CT molecular complexity index is 480. The lowest BCUT2D eigenvalue weighted by atomic mass is 10.1. The van der Waals surface area contributed by atoms with Gasteiger partial charge in [-0.25, -0.2) is 0 Å². The zero-order valence-electron chi connectivity index (χ0n) is 15.1. The Morgan fingerprint density at radius 3 is 2.30 bits per heavy atom. The first-order chi connectivity index (χ1) is 10.7. The van der Waals surface area contributed by atoms with E-state index in [0.29, 0.717) is 5.92 Å². The molecule has 1 aromatic rings. The third-order valence-electron chi connectivity index (χ3n) is 3.00. The fourth-order valence-electron chi connectivity index (χ4n) is 1.87. The molecule has 0 heterocycles. The predicted molar refractivity (Wildman–Crippen MR) is 98.1 cm³/mol. The third kappa shape index (κ3) is 8.16. The highest BCUT2D eigenvalue weighted by atomic mass is 32.2. The lowest BCUT2D eigenvalue weighted by Gasteiger charge is -2.24. The largest absolute Gasteiger partial charge is 0.494 e. The van der Waals surface area contributed by atoms with Crippen LogP contribution in [-0.2, 0) is 9.53 Å². The quantitative estimate of drug-likeness (QED) is 0.514. The fraction of sp³-hybridized carbons (Fsp3) is 0.611. The molecule has 0 atom stereocenters. The molecule has 0 fully saturated rings. The molecule has 0 aliphatic rings. The molecule has 0 aliphatic heterocycles. The van der Waals surface area contributed by atoms with Crippen molar-refractivity contribution in [2.75, 3.05) is 23.7 Å². The molecule has 0 bridgehead atoms. The lowest BCUT2D eigenvalue weighted by molar-refractivity contribution is -0.152. The van der Waals surface area contributed by atoms with Gasteiger partial charge in [-0.3, -0.25) is 4.79 Å². The monoisotopic (exact) mass is 339 g/mol. The second kappa shape index (κ2) is 9.06. The van der Waals surface area contributed by atoms with Gasteiger partial charge in [0.15, 0.2) is 0 Å². The SMILES string of the molecule is CSN(CC(=O)OC(C)(C)C)c1ccc(OCCC(C)C)cc1. The average molecular weight is 340 g/mol. The standard InChI is InChI=1S/C18H29NO3S/c1-14(2)11-12-21-16-9-7-15(8-10-16)19(23-6)13-17(20)22-18(3,4)5/h7-10,14H,11-13H2,1-6H3. The number of ether oxygens (including phenoxy) is 2. The van der Waals surface area contributed by atoms with Gasteiger partial charge in [-0.05, 0) is 57.4 Å². The molecule has 0 N–H and O–H groups in total. The first kappa shape index (κ1) is 19.7. The summed E-state index contributed by atoms with van der Waals surface area (Å²) in [5, 5.41) is 0. The van der Waals surface area contributed by atoms with E-state index in [-0.39, 0.29) is 12.5 Å². The van der Waals surface area contributed by atoms with Crippen molar-refractivity contribution in [2.24, 2.45) is 5.92 Å². The molecule has 23 heavy (non-hydrogen) atoms. The van der Waals surface area contributed by atoms with Crippen LogP contribution >= 0.6 is 11.9 Å². The van der Waals surface area contributed by atoms with Crippen LogP contribution < -0.4 is 9.04 Å². The zero-order chi connectivity index (χ0) is 17.5. The Balaban J connectivity index is 2.59. The van der Waals surface area contributed by atoms with Crippen molar-refractivity contribution >= 4 is 23.6 Å². The topological polar surface area (TPSA) is 38.8 Å². The molecule has 0 aliphatic carbocycles. The summed E-state index contributed by atoms with van der Waals surface area (Å²) < 4.78 is 13.0. The molecule has 5 heteroatoms. The average Bonchev–Trinajstić information content (AvgIpc) is 2.43. The number of carbonyl (C=O) groups is 1. The number of benzene rings is 1. The van der Waals surface area contributed by atoms with Crippen LogP contribution in [0.2, 0.25) is 0 Å². The number of hydrogen-bond donors (Lipinski definition) is 0. The number of rotatable bonds is 8. The summed E-state index contributed by atoms with van der Waals surface area (Å²) in [6.07, 6.45) is 2.98. The van der Waals surface area contributed by atoms with E-state index in [4.69, 9.17) is 9.47 Å². The minimum atomic E-state index is -0.463. The minimum Gasteiger partial charge on any atom is -0.494 e. The number of hydrogen-bond acceptors (Lipinski definition) is 5. The second-order valence-corrected chi connectivity index (χ2v) is 7.64. The van der Waals surface area contributed by atoms with E-state index < -0.39 is 5.60 Å². The second-order valence-electron chi connectivity index (χ2n) is 6.83. The molecule has 0 radical (unpaired) electrons. The summed E-state index contributed by atoms with van der Waals surface area (Å²) in [4.78, 5) is 12.0. The normalized spacial score (nSPS) is 11.4. The molecule has 0 saturated carbocycles. The van der Waals surface area contributed by atoms with Gasteiger partial charge < -0.3 is 13.8 Å². The maximum atomic E-state index is 12.0. The molecule has 0 spiro atoms. The molecule has 0 unspecified atom stereocenters. The van der Waals surface area contributed by atoms with Crippen LogP contribution in [0.4, 0.5) is 5.69 Å². The van der Waals surface area contributed by atoms with Crippen LogP contribution in [-0.4, -0.2) is 31.0 Å². The summed E-state index contributed by atoms with van der Waals surface area (Å²) in [6, 6.07) is 7.80. The highest BCUT2D eigenvalue weighted by Gasteiger charge is 2.19. The molecular formula is C18H29NO3S. The van der Waals surface area contributed by atoms with Gasteiger partial charge in [0, 0.05) is 11.9 Å². The van der Waals surface area contributed by atoms with E-state index in [9.17, 15) is 4.79 Å². The van der Waals surface area contributed by atoms with Crippen molar-refractivity contribution in [3.8, 4) is 5.75 Å². The fourth-order valence-corrected chi connectivity index (χ4v) is 2.44. The molecular weight excluding hydrogens is 310 g/mol. The predicted octanol–water partition coefficient (Wildman–Crippen LogP) is 4.54. The molecule has 130 valence electrons. The van der Waals surface area contributed by atoms with Crippen LogP contribution in [0.5, 0.6) is 5.75 Å². The van der Waals surface area contributed by atoms with Gasteiger partial charge in [-0.15, -0.1) is 0 Å². The van der Waals surface area contributed by atoms with Crippen LogP contribution in [0.25, 0.3) is 0 Å². The van der Waals surface area contributed by atoms with Gasteiger partial charge in [0.25, 0.3) is 0 Å². The van der Waals surface area contributed by atoms with Gasteiger partial charge >= 0.3 is 5.97 Å². The van der Waals surface area contributed by atoms with E-state index >= 15 is 0 Å². The van der Waals surface area contributed by atoms with Gasteiger partial charge in [0.05, 0.1) is 6.61 Å². The Hall–Kier alpha value is -1.36. The number of carbonyl (C=O) groups excluding carboxylic acids is 1. The summed E-state index contributed by atoms with van der Waals surface area (Å²) in [5.41, 5.74) is 0.495. The van der Waals surface area contributed by atoms with E-state index in [2.05, 4.69) is 13.8 Å². The van der Waals surface area contributed by atoms with Crippen molar-refractivity contribution in [1.82, 2.24) is 0 Å². The lowest BCUT2D eigenvalue weighted by Crippen LogP contribution is -2.31. The van der Waals surface area contributed by atoms with Crippen LogP contribution in [0.15, 0.2) is 24.3 Å². The summed E-state index contributed by atoms with van der Waals surface area (Å²) in [5.74, 6) is 1.26. The zero-order valence-corrected chi connectivity index (χ0v) is 15.9. The Labute approximate surface area is 144 Å². The van der Waals surface area contributed by atoms with Crippen molar-refractivity contribution in [1.29, 1.82) is 0 Å².